The molecular weight excluding hydrogens is 392 g/mol. The summed E-state index contributed by atoms with van der Waals surface area (Å²) >= 11 is 0. The van der Waals surface area contributed by atoms with Gasteiger partial charge in [0.1, 0.15) is 12.8 Å². The standard InChI is InChI=1S/C27H37F2NO/c1-2-3-4-5-6-10-13-24(28)20-31-26-19-18-25(30-27(26)29)23-16-14-22(15-17-23)21-11-8-7-9-12-21/h14-19,21,24H,2-13,20H2,1H3. The molecule has 1 heterocycles. The van der Waals surface area contributed by atoms with E-state index in [9.17, 15) is 8.78 Å². The van der Waals surface area contributed by atoms with Crippen molar-refractivity contribution in [1.82, 2.24) is 4.98 Å². The van der Waals surface area contributed by atoms with Crippen molar-refractivity contribution in [2.75, 3.05) is 6.61 Å². The molecule has 1 aromatic heterocycles. The minimum Gasteiger partial charge on any atom is -0.486 e. The molecule has 4 heteroatoms. The highest BCUT2D eigenvalue weighted by Gasteiger charge is 2.16. The Hall–Kier alpha value is -1.97. The predicted octanol–water partition coefficient (Wildman–Crippen LogP) is 8.40. The van der Waals surface area contributed by atoms with Crippen LogP contribution in [0.2, 0.25) is 0 Å². The third-order valence-corrected chi connectivity index (χ3v) is 6.39. The summed E-state index contributed by atoms with van der Waals surface area (Å²) in [7, 11) is 0. The lowest BCUT2D eigenvalue weighted by molar-refractivity contribution is 0.177. The van der Waals surface area contributed by atoms with Crippen LogP contribution in [0.5, 0.6) is 5.75 Å². The molecule has 31 heavy (non-hydrogen) atoms. The van der Waals surface area contributed by atoms with Crippen LogP contribution < -0.4 is 4.74 Å². The lowest BCUT2D eigenvalue weighted by atomic mass is 9.84. The number of halogens is 2. The monoisotopic (exact) mass is 429 g/mol. The molecule has 170 valence electrons. The molecule has 1 aliphatic carbocycles. The van der Waals surface area contributed by atoms with Gasteiger partial charge >= 0.3 is 0 Å². The second-order valence-corrected chi connectivity index (χ2v) is 8.91. The van der Waals surface area contributed by atoms with Gasteiger partial charge in [0.15, 0.2) is 5.75 Å². The molecule has 2 nitrogen and oxygen atoms in total. The molecule has 1 fully saturated rings. The minimum absolute atomic E-state index is 0.0215. The van der Waals surface area contributed by atoms with E-state index in [1.165, 1.54) is 56.9 Å². The summed E-state index contributed by atoms with van der Waals surface area (Å²) in [6.45, 7) is 2.06. The van der Waals surface area contributed by atoms with E-state index in [1.54, 1.807) is 12.1 Å². The van der Waals surface area contributed by atoms with E-state index < -0.39 is 12.1 Å². The van der Waals surface area contributed by atoms with Crippen molar-refractivity contribution in [3.8, 4) is 17.0 Å². The molecule has 2 aromatic rings. The van der Waals surface area contributed by atoms with Crippen molar-refractivity contribution in [1.29, 1.82) is 0 Å². The Balaban J connectivity index is 1.47. The minimum atomic E-state index is -1.07. The van der Waals surface area contributed by atoms with E-state index in [2.05, 4.69) is 24.0 Å². The molecule has 0 spiro atoms. The quantitative estimate of drug-likeness (QED) is 0.249. The smallest absolute Gasteiger partial charge is 0.255 e. The topological polar surface area (TPSA) is 22.1 Å². The van der Waals surface area contributed by atoms with Crippen LogP contribution >= 0.6 is 0 Å². The van der Waals surface area contributed by atoms with Crippen molar-refractivity contribution in [2.45, 2.75) is 96.1 Å². The van der Waals surface area contributed by atoms with Crippen LogP contribution in [0.3, 0.4) is 0 Å². The van der Waals surface area contributed by atoms with Crippen LogP contribution in [-0.2, 0) is 0 Å². The first-order chi connectivity index (χ1) is 15.2. The van der Waals surface area contributed by atoms with Crippen LogP contribution in [0.25, 0.3) is 11.3 Å². The fraction of sp³-hybridized carbons (Fsp3) is 0.593. The lowest BCUT2D eigenvalue weighted by Crippen LogP contribution is -2.13. The van der Waals surface area contributed by atoms with E-state index in [0.717, 1.165) is 24.8 Å². The van der Waals surface area contributed by atoms with Gasteiger partial charge < -0.3 is 4.74 Å². The first-order valence-electron chi connectivity index (χ1n) is 12.2. The molecule has 0 amide bonds. The molecule has 0 saturated heterocycles. The molecule has 1 aromatic carbocycles. The first kappa shape index (κ1) is 23.7. The number of benzene rings is 1. The number of alkyl halides is 1. The summed E-state index contributed by atoms with van der Waals surface area (Å²) in [6, 6.07) is 11.6. The number of hydrogen-bond acceptors (Lipinski definition) is 2. The normalized spacial score (nSPS) is 15.7. The summed E-state index contributed by atoms with van der Waals surface area (Å²) in [5, 5.41) is 0. The lowest BCUT2D eigenvalue weighted by Gasteiger charge is -2.22. The van der Waals surface area contributed by atoms with E-state index in [1.807, 2.05) is 12.1 Å². The molecule has 1 aliphatic rings. The number of rotatable bonds is 12. The van der Waals surface area contributed by atoms with Crippen molar-refractivity contribution < 1.29 is 13.5 Å². The van der Waals surface area contributed by atoms with Crippen molar-refractivity contribution in [3.63, 3.8) is 0 Å². The summed E-state index contributed by atoms with van der Waals surface area (Å²) in [6.07, 6.45) is 12.6. The Kier molecular flexibility index (Phi) is 9.77. The summed E-state index contributed by atoms with van der Waals surface area (Å²) in [5.41, 5.74) is 2.82. The second-order valence-electron chi connectivity index (χ2n) is 8.91. The van der Waals surface area contributed by atoms with Gasteiger partial charge in [-0.05, 0) is 42.9 Å². The molecule has 0 N–H and O–H groups in total. The maximum Gasteiger partial charge on any atom is 0.255 e. The zero-order valence-electron chi connectivity index (χ0n) is 18.9. The van der Waals surface area contributed by atoms with Crippen molar-refractivity contribution in [3.05, 3.63) is 47.9 Å². The molecule has 3 rings (SSSR count). The van der Waals surface area contributed by atoms with Crippen LogP contribution in [0.1, 0.15) is 95.5 Å². The van der Waals surface area contributed by atoms with Gasteiger partial charge in [0.05, 0.1) is 5.69 Å². The van der Waals surface area contributed by atoms with Crippen LogP contribution in [0, 0.1) is 5.95 Å². The molecule has 0 bridgehead atoms. The van der Waals surface area contributed by atoms with Crippen LogP contribution in [-0.4, -0.2) is 17.8 Å². The van der Waals surface area contributed by atoms with Gasteiger partial charge in [-0.1, -0.05) is 89.0 Å². The average Bonchev–Trinajstić information content (AvgIpc) is 2.81. The summed E-state index contributed by atoms with van der Waals surface area (Å²) in [5.74, 6) is -0.0120. The molecule has 0 radical (unpaired) electrons. The molecule has 1 saturated carbocycles. The Bertz CT molecular complexity index is 771. The highest BCUT2D eigenvalue weighted by atomic mass is 19.1. The van der Waals surface area contributed by atoms with E-state index in [4.69, 9.17) is 4.74 Å². The Morgan fingerprint density at radius 3 is 2.35 bits per heavy atom. The van der Waals surface area contributed by atoms with Gasteiger partial charge in [-0.2, -0.15) is 4.39 Å². The molecule has 1 atom stereocenters. The third-order valence-electron chi connectivity index (χ3n) is 6.39. The van der Waals surface area contributed by atoms with Gasteiger partial charge in [-0.3, -0.25) is 0 Å². The van der Waals surface area contributed by atoms with Crippen molar-refractivity contribution in [2.24, 2.45) is 0 Å². The zero-order valence-corrected chi connectivity index (χ0v) is 18.9. The SMILES string of the molecule is CCCCCCCCC(F)COc1ccc(-c2ccc(C3CCCCC3)cc2)nc1F. The largest absolute Gasteiger partial charge is 0.486 e. The van der Waals surface area contributed by atoms with Crippen molar-refractivity contribution >= 4 is 0 Å². The number of nitrogens with zero attached hydrogens (tertiary/aromatic N) is 1. The Morgan fingerprint density at radius 1 is 0.935 bits per heavy atom. The van der Waals surface area contributed by atoms with Crippen LogP contribution in [0.4, 0.5) is 8.78 Å². The first-order valence-corrected chi connectivity index (χ1v) is 12.2. The van der Waals surface area contributed by atoms with Gasteiger partial charge in [-0.15, -0.1) is 0 Å². The van der Waals surface area contributed by atoms with E-state index in [-0.39, 0.29) is 12.4 Å². The number of pyridine rings is 1. The highest BCUT2D eigenvalue weighted by molar-refractivity contribution is 5.60. The maximum absolute atomic E-state index is 14.4. The molecule has 1 unspecified atom stereocenters. The molecule has 0 aliphatic heterocycles. The number of hydrogen-bond donors (Lipinski definition) is 0. The van der Waals surface area contributed by atoms with E-state index in [0.29, 0.717) is 18.0 Å². The molecular formula is C27H37F2NO. The highest BCUT2D eigenvalue weighted by Crippen LogP contribution is 2.33. The summed E-state index contributed by atoms with van der Waals surface area (Å²) < 4.78 is 33.9. The second kappa shape index (κ2) is 12.8. The van der Waals surface area contributed by atoms with Gasteiger partial charge in [0.2, 0.25) is 0 Å². The summed E-state index contributed by atoms with van der Waals surface area (Å²) in [4.78, 5) is 4.05. The van der Waals surface area contributed by atoms with E-state index >= 15 is 0 Å². The van der Waals surface area contributed by atoms with Crippen LogP contribution in [0.15, 0.2) is 36.4 Å². The predicted molar refractivity (Wildman–Crippen MR) is 124 cm³/mol. The van der Waals surface area contributed by atoms with Gasteiger partial charge in [-0.25, -0.2) is 9.37 Å². The number of ether oxygens (including phenoxy) is 1. The van der Waals surface area contributed by atoms with Gasteiger partial charge in [0.25, 0.3) is 5.95 Å². The maximum atomic E-state index is 14.4. The Morgan fingerprint density at radius 2 is 1.65 bits per heavy atom. The third kappa shape index (κ3) is 7.59. The Labute approximate surface area is 186 Å². The fourth-order valence-electron chi connectivity index (χ4n) is 4.46. The number of unbranched alkanes of at least 4 members (excludes halogenated alkanes) is 5. The average molecular weight is 430 g/mol. The fourth-order valence-corrected chi connectivity index (χ4v) is 4.46. The van der Waals surface area contributed by atoms with Gasteiger partial charge in [0, 0.05) is 5.56 Å². The number of aromatic nitrogens is 1. The zero-order chi connectivity index (χ0) is 21.9.